The van der Waals surface area contributed by atoms with E-state index in [4.69, 9.17) is 0 Å². The second-order valence-electron chi connectivity index (χ2n) is 7.39. The molecule has 0 saturated heterocycles. The molecule has 3 atom stereocenters. The van der Waals surface area contributed by atoms with Gasteiger partial charge in [-0.25, -0.2) is 0 Å². The molecule has 0 saturated carbocycles. The molecule has 3 nitrogen and oxygen atoms in total. The number of hydrogen-bond donors (Lipinski definition) is 1. The van der Waals surface area contributed by atoms with E-state index < -0.39 is 12.0 Å². The van der Waals surface area contributed by atoms with Crippen molar-refractivity contribution in [3.8, 4) is 0 Å². The van der Waals surface area contributed by atoms with Crippen LogP contribution in [0.5, 0.6) is 0 Å². The summed E-state index contributed by atoms with van der Waals surface area (Å²) in [7, 11) is 3.46. The summed E-state index contributed by atoms with van der Waals surface area (Å²) in [5, 5.41) is 11.0. The van der Waals surface area contributed by atoms with E-state index in [-0.39, 0.29) is 11.8 Å². The number of aliphatic hydroxyl groups excluding tert-OH is 1. The van der Waals surface area contributed by atoms with Crippen LogP contribution in [0.4, 0.5) is 0 Å². The molecule has 0 aromatic heterocycles. The standard InChI is InChI=1S/C25H31NO2/c1-5-21(17-16-20-12-8-6-9-13-20)24(25(28)26(3)4)23(27)18-19(2)22-14-10-7-11-15-22/h5-15,18,21,23-24,27H,1,16-17H2,2-4H3/b19-18+/t21-,23-,24-/m0/s1. The zero-order valence-electron chi connectivity index (χ0n) is 17.1. The van der Waals surface area contributed by atoms with E-state index in [2.05, 4.69) is 18.7 Å². The van der Waals surface area contributed by atoms with Crippen LogP contribution >= 0.6 is 0 Å². The number of allylic oxidation sites excluding steroid dienone is 2. The highest BCUT2D eigenvalue weighted by atomic mass is 16.3. The molecule has 0 aliphatic carbocycles. The number of carbonyl (C=O) groups excluding carboxylic acids is 1. The second-order valence-corrected chi connectivity index (χ2v) is 7.39. The molecule has 0 aliphatic rings. The molecule has 2 aromatic carbocycles. The lowest BCUT2D eigenvalue weighted by molar-refractivity contribution is -0.137. The van der Waals surface area contributed by atoms with E-state index in [1.807, 2.05) is 61.5 Å². The molecular weight excluding hydrogens is 346 g/mol. The van der Waals surface area contributed by atoms with Gasteiger partial charge >= 0.3 is 0 Å². The Hall–Kier alpha value is -2.65. The molecule has 3 heteroatoms. The molecule has 0 aliphatic heterocycles. The van der Waals surface area contributed by atoms with Crippen molar-refractivity contribution in [1.82, 2.24) is 4.90 Å². The summed E-state index contributed by atoms with van der Waals surface area (Å²) >= 11 is 0. The third-order valence-electron chi connectivity index (χ3n) is 5.12. The third kappa shape index (κ3) is 5.93. The number of amides is 1. The molecule has 1 amide bonds. The largest absolute Gasteiger partial charge is 0.388 e. The normalized spacial score (nSPS) is 14.8. The molecule has 0 bridgehead atoms. The van der Waals surface area contributed by atoms with Crippen molar-refractivity contribution in [1.29, 1.82) is 0 Å². The van der Waals surface area contributed by atoms with E-state index in [0.717, 1.165) is 24.0 Å². The first kappa shape index (κ1) is 21.6. The maximum Gasteiger partial charge on any atom is 0.228 e. The highest BCUT2D eigenvalue weighted by molar-refractivity contribution is 5.80. The van der Waals surface area contributed by atoms with Crippen LogP contribution in [0.3, 0.4) is 0 Å². The van der Waals surface area contributed by atoms with Crippen LogP contribution in [0, 0.1) is 11.8 Å². The Bertz CT molecular complexity index is 781. The molecule has 0 heterocycles. The van der Waals surface area contributed by atoms with Crippen LogP contribution in [-0.2, 0) is 11.2 Å². The average Bonchev–Trinajstić information content (AvgIpc) is 2.71. The van der Waals surface area contributed by atoms with Gasteiger partial charge in [-0.2, -0.15) is 0 Å². The summed E-state index contributed by atoms with van der Waals surface area (Å²) in [4.78, 5) is 14.5. The molecule has 148 valence electrons. The van der Waals surface area contributed by atoms with Crippen LogP contribution in [0.2, 0.25) is 0 Å². The lowest BCUT2D eigenvalue weighted by atomic mass is 9.81. The van der Waals surface area contributed by atoms with Crippen molar-refractivity contribution in [2.45, 2.75) is 25.9 Å². The van der Waals surface area contributed by atoms with Gasteiger partial charge in [0.2, 0.25) is 5.91 Å². The SMILES string of the molecule is C=C[C@@H](CCc1ccccc1)[C@H](C(=O)N(C)C)[C@@H](O)/C=C(\C)c1ccccc1. The first-order chi connectivity index (χ1) is 13.4. The monoisotopic (exact) mass is 377 g/mol. The van der Waals surface area contributed by atoms with Gasteiger partial charge in [0.25, 0.3) is 0 Å². The number of hydrogen-bond acceptors (Lipinski definition) is 2. The minimum absolute atomic E-state index is 0.0810. The first-order valence-corrected chi connectivity index (χ1v) is 9.73. The predicted octanol–water partition coefficient (Wildman–Crippen LogP) is 4.59. The molecule has 2 aromatic rings. The van der Waals surface area contributed by atoms with Gasteiger partial charge in [-0.15, -0.1) is 6.58 Å². The zero-order valence-corrected chi connectivity index (χ0v) is 17.1. The van der Waals surface area contributed by atoms with Crippen molar-refractivity contribution in [2.75, 3.05) is 14.1 Å². The van der Waals surface area contributed by atoms with E-state index >= 15 is 0 Å². The summed E-state index contributed by atoms with van der Waals surface area (Å²) in [5.74, 6) is -0.762. The highest BCUT2D eigenvalue weighted by Crippen LogP contribution is 2.27. The Kier molecular flexibility index (Phi) is 8.21. The molecule has 28 heavy (non-hydrogen) atoms. The van der Waals surface area contributed by atoms with Crippen molar-refractivity contribution >= 4 is 11.5 Å². The Morgan fingerprint density at radius 1 is 1.07 bits per heavy atom. The van der Waals surface area contributed by atoms with E-state index in [0.29, 0.717) is 0 Å². The Morgan fingerprint density at radius 3 is 2.18 bits per heavy atom. The van der Waals surface area contributed by atoms with E-state index in [1.54, 1.807) is 25.1 Å². The molecule has 1 N–H and O–H groups in total. The van der Waals surface area contributed by atoms with Gasteiger partial charge in [0, 0.05) is 14.1 Å². The van der Waals surface area contributed by atoms with Crippen LogP contribution in [0.1, 0.15) is 24.5 Å². The smallest absolute Gasteiger partial charge is 0.228 e. The predicted molar refractivity (Wildman–Crippen MR) is 117 cm³/mol. The maximum absolute atomic E-state index is 12.9. The number of benzene rings is 2. The fourth-order valence-corrected chi connectivity index (χ4v) is 3.46. The highest BCUT2D eigenvalue weighted by Gasteiger charge is 2.33. The van der Waals surface area contributed by atoms with E-state index in [9.17, 15) is 9.90 Å². The molecule has 0 radical (unpaired) electrons. The average molecular weight is 378 g/mol. The number of rotatable bonds is 9. The molecule has 0 fully saturated rings. The Morgan fingerprint density at radius 2 is 1.64 bits per heavy atom. The van der Waals surface area contributed by atoms with Crippen molar-refractivity contribution in [2.24, 2.45) is 11.8 Å². The van der Waals surface area contributed by atoms with Gasteiger partial charge in [-0.1, -0.05) is 72.8 Å². The van der Waals surface area contributed by atoms with Gasteiger partial charge in [0.05, 0.1) is 12.0 Å². The van der Waals surface area contributed by atoms with Crippen LogP contribution in [-0.4, -0.2) is 36.1 Å². The Balaban J connectivity index is 2.23. The van der Waals surface area contributed by atoms with Gasteiger partial charge in [-0.05, 0) is 42.4 Å². The topological polar surface area (TPSA) is 40.5 Å². The number of nitrogens with zero attached hydrogens (tertiary/aromatic N) is 1. The summed E-state index contributed by atoms with van der Waals surface area (Å²) in [6.07, 6.45) is 4.31. The minimum Gasteiger partial charge on any atom is -0.388 e. The summed E-state index contributed by atoms with van der Waals surface area (Å²) in [6, 6.07) is 20.1. The quantitative estimate of drug-likeness (QED) is 0.649. The van der Waals surface area contributed by atoms with Crippen molar-refractivity contribution in [3.05, 3.63) is 90.5 Å². The van der Waals surface area contributed by atoms with Crippen LogP contribution in [0.25, 0.3) is 5.57 Å². The zero-order chi connectivity index (χ0) is 20.5. The van der Waals surface area contributed by atoms with Gasteiger partial charge in [0.15, 0.2) is 0 Å². The number of carbonyl (C=O) groups is 1. The summed E-state index contributed by atoms with van der Waals surface area (Å²) < 4.78 is 0. The van der Waals surface area contributed by atoms with Crippen LogP contribution < -0.4 is 0 Å². The molecule has 2 rings (SSSR count). The fraction of sp³-hybridized carbons (Fsp3) is 0.320. The lowest BCUT2D eigenvalue weighted by Crippen LogP contribution is -2.40. The van der Waals surface area contributed by atoms with Crippen LogP contribution in [0.15, 0.2) is 79.4 Å². The lowest BCUT2D eigenvalue weighted by Gasteiger charge is -2.29. The van der Waals surface area contributed by atoms with Crippen molar-refractivity contribution < 1.29 is 9.90 Å². The first-order valence-electron chi connectivity index (χ1n) is 9.73. The fourth-order valence-electron chi connectivity index (χ4n) is 3.46. The Labute approximate surface area is 169 Å². The van der Waals surface area contributed by atoms with Gasteiger partial charge in [-0.3, -0.25) is 4.79 Å². The summed E-state index contributed by atoms with van der Waals surface area (Å²) in [5.41, 5.74) is 3.21. The second kappa shape index (κ2) is 10.6. The minimum atomic E-state index is -0.881. The van der Waals surface area contributed by atoms with E-state index in [1.165, 1.54) is 5.56 Å². The summed E-state index contributed by atoms with van der Waals surface area (Å²) in [6.45, 7) is 5.91. The third-order valence-corrected chi connectivity index (χ3v) is 5.12. The molecule has 0 unspecified atom stereocenters. The van der Waals surface area contributed by atoms with Crippen molar-refractivity contribution in [3.63, 3.8) is 0 Å². The number of aliphatic hydroxyl groups is 1. The van der Waals surface area contributed by atoms with Gasteiger partial charge < -0.3 is 10.0 Å². The molecular formula is C25H31NO2. The number of aryl methyl sites for hydroxylation is 1. The maximum atomic E-state index is 12.9. The molecule has 0 spiro atoms. The van der Waals surface area contributed by atoms with Gasteiger partial charge in [0.1, 0.15) is 0 Å².